The molecule has 0 radical (unpaired) electrons. The maximum absolute atomic E-state index is 12.2. The highest BCUT2D eigenvalue weighted by atomic mass is 32.2. The van der Waals surface area contributed by atoms with Gasteiger partial charge < -0.3 is 5.32 Å². The first-order chi connectivity index (χ1) is 10.1. The van der Waals surface area contributed by atoms with E-state index in [1.807, 2.05) is 6.92 Å². The molecule has 3 atom stereocenters. The molecule has 2 saturated carbocycles. The van der Waals surface area contributed by atoms with E-state index < -0.39 is 9.84 Å². The van der Waals surface area contributed by atoms with Crippen molar-refractivity contribution in [2.45, 2.75) is 72.3 Å². The lowest BCUT2D eigenvalue weighted by Gasteiger charge is -2.39. The van der Waals surface area contributed by atoms with Crippen LogP contribution in [0.25, 0.3) is 0 Å². The highest BCUT2D eigenvalue weighted by Gasteiger charge is 2.61. The summed E-state index contributed by atoms with van der Waals surface area (Å²) < 4.78 is 24.0. The lowest BCUT2D eigenvalue weighted by atomic mass is 9.69. The summed E-state index contributed by atoms with van der Waals surface area (Å²) in [6.07, 6.45) is 5.88. The number of amides is 1. The largest absolute Gasteiger partial charge is 0.352 e. The lowest BCUT2D eigenvalue weighted by molar-refractivity contribution is -0.120. The molecule has 2 bridgehead atoms. The van der Waals surface area contributed by atoms with Crippen LogP contribution in [0.2, 0.25) is 0 Å². The Hall–Kier alpha value is -0.580. The predicted octanol–water partition coefficient (Wildman–Crippen LogP) is 2.92. The zero-order valence-corrected chi connectivity index (χ0v) is 15.3. The van der Waals surface area contributed by atoms with Crippen molar-refractivity contribution in [1.29, 1.82) is 0 Å². The van der Waals surface area contributed by atoms with E-state index in [0.29, 0.717) is 12.3 Å². The fraction of sp³-hybridized carbons (Fsp3) is 0.941. The van der Waals surface area contributed by atoms with Gasteiger partial charge in [0.1, 0.15) is 5.75 Å². The zero-order chi connectivity index (χ0) is 16.6. The van der Waals surface area contributed by atoms with Crippen molar-refractivity contribution in [2.75, 3.05) is 11.5 Å². The summed E-state index contributed by atoms with van der Waals surface area (Å²) in [5.74, 6) is 0.105. The van der Waals surface area contributed by atoms with Crippen LogP contribution in [-0.4, -0.2) is 31.9 Å². The topological polar surface area (TPSA) is 63.2 Å². The minimum atomic E-state index is -3.27. The van der Waals surface area contributed by atoms with E-state index >= 15 is 0 Å². The van der Waals surface area contributed by atoms with Crippen molar-refractivity contribution in [3.63, 3.8) is 0 Å². The molecule has 2 rings (SSSR count). The summed E-state index contributed by atoms with van der Waals surface area (Å²) >= 11 is 0. The molecule has 128 valence electrons. The van der Waals surface area contributed by atoms with Crippen molar-refractivity contribution in [3.8, 4) is 0 Å². The number of rotatable bonds is 7. The number of unbranched alkanes of at least 4 members (excludes halogenated alkanes) is 2. The molecule has 0 aliphatic heterocycles. The van der Waals surface area contributed by atoms with Gasteiger partial charge in [-0.3, -0.25) is 4.79 Å². The molecule has 0 aromatic heterocycles. The molecule has 4 nitrogen and oxygen atoms in total. The molecular weight excluding hydrogens is 298 g/mol. The Kier molecular flexibility index (Phi) is 4.96. The van der Waals surface area contributed by atoms with Gasteiger partial charge in [-0.2, -0.15) is 0 Å². The van der Waals surface area contributed by atoms with Crippen LogP contribution in [0.1, 0.15) is 66.2 Å². The van der Waals surface area contributed by atoms with Gasteiger partial charge in [0.15, 0.2) is 9.84 Å². The fourth-order valence-electron chi connectivity index (χ4n) is 4.50. The Morgan fingerprint density at radius 2 is 1.91 bits per heavy atom. The molecule has 1 N–H and O–H groups in total. The molecule has 3 unspecified atom stereocenters. The van der Waals surface area contributed by atoms with Crippen molar-refractivity contribution in [2.24, 2.45) is 16.7 Å². The maximum atomic E-state index is 12.2. The van der Waals surface area contributed by atoms with Crippen LogP contribution in [0.3, 0.4) is 0 Å². The number of carbonyl (C=O) groups excluding carboxylic acids is 1. The molecule has 0 aromatic carbocycles. The molecule has 0 aromatic rings. The Balaban J connectivity index is 1.91. The van der Waals surface area contributed by atoms with Crippen LogP contribution < -0.4 is 5.32 Å². The summed E-state index contributed by atoms with van der Waals surface area (Å²) in [4.78, 5) is 12.2. The summed E-state index contributed by atoms with van der Waals surface area (Å²) in [5.41, 5.74) is 0.324. The average molecular weight is 330 g/mol. The van der Waals surface area contributed by atoms with E-state index in [-0.39, 0.29) is 34.3 Å². The Morgan fingerprint density at radius 3 is 2.41 bits per heavy atom. The van der Waals surface area contributed by atoms with E-state index in [4.69, 9.17) is 0 Å². The van der Waals surface area contributed by atoms with Crippen LogP contribution in [-0.2, 0) is 14.6 Å². The predicted molar refractivity (Wildman–Crippen MR) is 89.3 cm³/mol. The van der Waals surface area contributed by atoms with E-state index in [0.717, 1.165) is 25.7 Å². The smallest absolute Gasteiger partial charge is 0.235 e. The molecule has 1 amide bonds. The van der Waals surface area contributed by atoms with Gasteiger partial charge >= 0.3 is 0 Å². The lowest BCUT2D eigenvalue weighted by Crippen LogP contribution is -2.48. The normalized spacial score (nSPS) is 33.1. The van der Waals surface area contributed by atoms with E-state index in [1.54, 1.807) is 0 Å². The van der Waals surface area contributed by atoms with Gasteiger partial charge in [0.2, 0.25) is 5.91 Å². The van der Waals surface area contributed by atoms with Gasteiger partial charge in [-0.15, -0.1) is 0 Å². The number of nitrogens with one attached hydrogen (secondary N) is 1. The van der Waals surface area contributed by atoms with Gasteiger partial charge in [0, 0.05) is 6.04 Å². The van der Waals surface area contributed by atoms with Gasteiger partial charge in [-0.25, -0.2) is 8.42 Å². The average Bonchev–Trinajstić information content (AvgIpc) is 2.71. The molecule has 0 saturated heterocycles. The number of sulfone groups is 1. The quantitative estimate of drug-likeness (QED) is 0.731. The Bertz CT molecular complexity index is 526. The van der Waals surface area contributed by atoms with Crippen molar-refractivity contribution < 1.29 is 13.2 Å². The second kappa shape index (κ2) is 6.14. The number of hydrogen-bond donors (Lipinski definition) is 1. The third-order valence-electron chi connectivity index (χ3n) is 6.54. The van der Waals surface area contributed by atoms with Crippen LogP contribution >= 0.6 is 0 Å². The Labute approximate surface area is 135 Å². The SMILES string of the molecule is CCCCCS(=O)(=O)CC(=O)NC1CC2CCC1(C)C2(C)C. The Morgan fingerprint density at radius 1 is 1.23 bits per heavy atom. The minimum Gasteiger partial charge on any atom is -0.352 e. The molecule has 2 aliphatic rings. The van der Waals surface area contributed by atoms with E-state index in [9.17, 15) is 13.2 Å². The third kappa shape index (κ3) is 3.19. The van der Waals surface area contributed by atoms with Crippen LogP contribution in [0.5, 0.6) is 0 Å². The van der Waals surface area contributed by atoms with Crippen LogP contribution in [0, 0.1) is 16.7 Å². The zero-order valence-electron chi connectivity index (χ0n) is 14.4. The molecule has 0 heterocycles. The van der Waals surface area contributed by atoms with Crippen molar-refractivity contribution in [3.05, 3.63) is 0 Å². The van der Waals surface area contributed by atoms with Crippen LogP contribution in [0.15, 0.2) is 0 Å². The number of fused-ring (bicyclic) bond motifs is 2. The third-order valence-corrected chi connectivity index (χ3v) is 8.15. The van der Waals surface area contributed by atoms with Crippen LogP contribution in [0.4, 0.5) is 0 Å². The molecule has 5 heteroatoms. The second-order valence-electron chi connectivity index (χ2n) is 8.03. The van der Waals surface area contributed by atoms with E-state index in [2.05, 4.69) is 26.1 Å². The summed E-state index contributed by atoms with van der Waals surface area (Å²) in [7, 11) is -3.27. The first-order valence-electron chi connectivity index (χ1n) is 8.62. The summed E-state index contributed by atoms with van der Waals surface area (Å²) in [6.45, 7) is 8.87. The standard InChI is InChI=1S/C17H31NO3S/c1-5-6-7-10-22(20,21)12-15(19)18-14-11-13-8-9-17(14,4)16(13,2)3/h13-14H,5-12H2,1-4H3,(H,18,19). The molecule has 2 fully saturated rings. The number of hydrogen-bond acceptors (Lipinski definition) is 3. The van der Waals surface area contributed by atoms with Crippen molar-refractivity contribution >= 4 is 15.7 Å². The van der Waals surface area contributed by atoms with E-state index in [1.165, 1.54) is 6.42 Å². The van der Waals surface area contributed by atoms with Gasteiger partial charge in [-0.05, 0) is 42.4 Å². The highest BCUT2D eigenvalue weighted by molar-refractivity contribution is 7.92. The molecule has 2 aliphatic carbocycles. The second-order valence-corrected chi connectivity index (χ2v) is 10.2. The molecule has 0 spiro atoms. The number of carbonyl (C=O) groups is 1. The molecular formula is C17H31NO3S. The fourth-order valence-corrected chi connectivity index (χ4v) is 5.77. The first-order valence-corrected chi connectivity index (χ1v) is 10.4. The maximum Gasteiger partial charge on any atom is 0.235 e. The highest BCUT2D eigenvalue weighted by Crippen LogP contribution is 2.65. The molecule has 22 heavy (non-hydrogen) atoms. The first kappa shape index (κ1) is 17.8. The minimum absolute atomic E-state index is 0.0965. The van der Waals surface area contributed by atoms with Gasteiger partial charge in [-0.1, -0.05) is 40.5 Å². The van der Waals surface area contributed by atoms with Crippen molar-refractivity contribution in [1.82, 2.24) is 5.32 Å². The summed E-state index contributed by atoms with van der Waals surface area (Å²) in [6, 6.07) is 0.125. The van der Waals surface area contributed by atoms with Gasteiger partial charge in [0.25, 0.3) is 0 Å². The monoisotopic (exact) mass is 329 g/mol. The summed E-state index contributed by atoms with van der Waals surface area (Å²) in [5, 5.41) is 3.03. The van der Waals surface area contributed by atoms with Gasteiger partial charge in [0.05, 0.1) is 5.75 Å².